The Balaban J connectivity index is 0.000000642. The Hall–Kier alpha value is -2.45. The molecule has 0 aliphatic carbocycles. The highest BCUT2D eigenvalue weighted by Gasteiger charge is 2.38. The number of hydrogen-bond donors (Lipinski definition) is 3. The molecule has 1 fully saturated rings. The molecule has 0 saturated carbocycles. The molecule has 0 spiro atoms. The zero-order valence-corrected chi connectivity index (χ0v) is 18.3. The summed E-state index contributed by atoms with van der Waals surface area (Å²) in [5.74, 6) is -4.97. The number of methoxy groups -OCH3 is 1. The standard InChI is InChI=1S/C16H25FN2O.2C2HF3O2/c1-20-9-7-18-11-15-5-3-8-19(13-15)12-14-4-2-6-16(17)10-14;2*3-2(4,5)1(6)7/h2,4,6,10,15,18H,3,5,7-9,11-13H2,1H3;2*(H,6,7). The molecule has 0 aromatic heterocycles. The number of alkyl halides is 6. The quantitative estimate of drug-likeness (QED) is 0.383. The van der Waals surface area contributed by atoms with Crippen LogP contribution in [0.3, 0.4) is 0 Å². The first kappa shape index (κ1) is 31.6. The molecular formula is C20H27F7N2O5. The van der Waals surface area contributed by atoms with E-state index in [2.05, 4.69) is 10.2 Å². The van der Waals surface area contributed by atoms with E-state index in [-0.39, 0.29) is 5.82 Å². The van der Waals surface area contributed by atoms with Gasteiger partial charge >= 0.3 is 24.3 Å². The van der Waals surface area contributed by atoms with Gasteiger partial charge in [-0.2, -0.15) is 26.3 Å². The zero-order chi connectivity index (χ0) is 26.4. The van der Waals surface area contributed by atoms with Gasteiger partial charge in [-0.15, -0.1) is 0 Å². The third-order valence-corrected chi connectivity index (χ3v) is 4.30. The molecular weight excluding hydrogens is 481 g/mol. The first-order valence-corrected chi connectivity index (χ1v) is 9.93. The molecule has 1 unspecified atom stereocenters. The van der Waals surface area contributed by atoms with Crippen LogP contribution >= 0.6 is 0 Å². The second-order valence-corrected chi connectivity index (χ2v) is 7.18. The molecule has 1 aliphatic heterocycles. The highest BCUT2D eigenvalue weighted by Crippen LogP contribution is 2.18. The second-order valence-electron chi connectivity index (χ2n) is 7.18. The predicted molar refractivity (Wildman–Crippen MR) is 107 cm³/mol. The van der Waals surface area contributed by atoms with Gasteiger partial charge in [0, 0.05) is 26.7 Å². The summed E-state index contributed by atoms with van der Waals surface area (Å²) in [5, 5.41) is 17.7. The lowest BCUT2D eigenvalue weighted by molar-refractivity contribution is -0.193. The summed E-state index contributed by atoms with van der Waals surface area (Å²) in [6.45, 7) is 5.79. The first-order chi connectivity index (χ1) is 15.7. The normalized spacial score (nSPS) is 16.5. The number of aliphatic carboxylic acids is 2. The maximum Gasteiger partial charge on any atom is 0.490 e. The van der Waals surface area contributed by atoms with E-state index in [4.69, 9.17) is 24.5 Å². The van der Waals surface area contributed by atoms with Crippen molar-refractivity contribution in [1.29, 1.82) is 0 Å². The van der Waals surface area contributed by atoms with Crippen LogP contribution in [0, 0.1) is 11.7 Å². The van der Waals surface area contributed by atoms with E-state index in [0.29, 0.717) is 5.92 Å². The minimum absolute atomic E-state index is 0.141. The molecule has 34 heavy (non-hydrogen) atoms. The molecule has 2 rings (SSSR count). The van der Waals surface area contributed by atoms with Gasteiger partial charge in [0.2, 0.25) is 0 Å². The summed E-state index contributed by atoms with van der Waals surface area (Å²) in [7, 11) is 1.73. The monoisotopic (exact) mass is 508 g/mol. The Kier molecular flexibility index (Phi) is 14.3. The van der Waals surface area contributed by atoms with E-state index in [1.807, 2.05) is 6.07 Å². The molecule has 1 heterocycles. The molecule has 3 N–H and O–H groups in total. The van der Waals surface area contributed by atoms with E-state index in [0.717, 1.165) is 44.9 Å². The lowest BCUT2D eigenvalue weighted by Crippen LogP contribution is -2.39. The number of nitrogens with zero attached hydrogens (tertiary/aromatic N) is 1. The van der Waals surface area contributed by atoms with Gasteiger partial charge in [0.15, 0.2) is 0 Å². The fourth-order valence-corrected chi connectivity index (χ4v) is 2.84. The third kappa shape index (κ3) is 15.4. The summed E-state index contributed by atoms with van der Waals surface area (Å²) >= 11 is 0. The predicted octanol–water partition coefficient (Wildman–Crippen LogP) is 3.54. The maximum atomic E-state index is 13.2. The Morgan fingerprint density at radius 3 is 2.15 bits per heavy atom. The van der Waals surface area contributed by atoms with Crippen LogP contribution in [-0.2, 0) is 20.9 Å². The van der Waals surface area contributed by atoms with Crippen LogP contribution in [0.5, 0.6) is 0 Å². The number of likely N-dealkylation sites (tertiary alicyclic amines) is 1. The van der Waals surface area contributed by atoms with Crippen LogP contribution in [0.15, 0.2) is 24.3 Å². The van der Waals surface area contributed by atoms with Gasteiger partial charge in [0.05, 0.1) is 6.61 Å². The number of carboxylic acids is 2. The van der Waals surface area contributed by atoms with E-state index in [9.17, 15) is 30.7 Å². The molecule has 1 aromatic carbocycles. The molecule has 0 bridgehead atoms. The van der Waals surface area contributed by atoms with Crippen molar-refractivity contribution in [1.82, 2.24) is 10.2 Å². The Labute approximate surface area is 191 Å². The molecule has 1 aliphatic rings. The van der Waals surface area contributed by atoms with Crippen molar-refractivity contribution in [3.8, 4) is 0 Å². The SMILES string of the molecule is COCCNCC1CCCN(Cc2cccc(F)c2)C1.O=C(O)C(F)(F)F.O=C(O)C(F)(F)F. The van der Waals surface area contributed by atoms with Gasteiger partial charge < -0.3 is 20.3 Å². The smallest absolute Gasteiger partial charge is 0.475 e. The summed E-state index contributed by atoms with van der Waals surface area (Å²) in [6.07, 6.45) is -7.66. The van der Waals surface area contributed by atoms with Crippen LogP contribution < -0.4 is 5.32 Å². The summed E-state index contributed by atoms with van der Waals surface area (Å²) in [5.41, 5.74) is 1.07. The van der Waals surface area contributed by atoms with Crippen molar-refractivity contribution < 1.29 is 55.3 Å². The van der Waals surface area contributed by atoms with Crippen molar-refractivity contribution in [2.75, 3.05) is 39.9 Å². The van der Waals surface area contributed by atoms with Crippen molar-refractivity contribution in [3.05, 3.63) is 35.6 Å². The van der Waals surface area contributed by atoms with E-state index in [1.54, 1.807) is 19.2 Å². The minimum atomic E-state index is -5.08. The van der Waals surface area contributed by atoms with Crippen LogP contribution in [0.2, 0.25) is 0 Å². The number of ether oxygens (including phenoxy) is 1. The highest BCUT2D eigenvalue weighted by atomic mass is 19.4. The van der Waals surface area contributed by atoms with Crippen LogP contribution in [0.4, 0.5) is 30.7 Å². The Bertz CT molecular complexity index is 721. The highest BCUT2D eigenvalue weighted by molar-refractivity contribution is 5.73. The molecule has 196 valence electrons. The lowest BCUT2D eigenvalue weighted by atomic mass is 9.97. The van der Waals surface area contributed by atoms with Gasteiger partial charge in [0.1, 0.15) is 5.82 Å². The fourth-order valence-electron chi connectivity index (χ4n) is 2.84. The minimum Gasteiger partial charge on any atom is -0.475 e. The average Bonchev–Trinajstić information content (AvgIpc) is 2.71. The topological polar surface area (TPSA) is 99.1 Å². The third-order valence-electron chi connectivity index (χ3n) is 4.30. The Morgan fingerprint density at radius 1 is 1.12 bits per heavy atom. The van der Waals surface area contributed by atoms with Gasteiger partial charge in [-0.1, -0.05) is 12.1 Å². The maximum absolute atomic E-state index is 13.2. The molecule has 1 aromatic rings. The van der Waals surface area contributed by atoms with E-state index in [1.165, 1.54) is 18.9 Å². The fraction of sp³-hybridized carbons (Fsp3) is 0.600. The number of hydrogen-bond acceptors (Lipinski definition) is 5. The summed E-state index contributed by atoms with van der Waals surface area (Å²) < 4.78 is 81.7. The zero-order valence-electron chi connectivity index (χ0n) is 18.3. The average molecular weight is 508 g/mol. The van der Waals surface area contributed by atoms with Crippen molar-refractivity contribution in [2.24, 2.45) is 5.92 Å². The van der Waals surface area contributed by atoms with Crippen molar-refractivity contribution >= 4 is 11.9 Å². The molecule has 1 saturated heterocycles. The number of benzene rings is 1. The number of rotatable bonds is 7. The molecule has 14 heteroatoms. The van der Waals surface area contributed by atoms with Crippen molar-refractivity contribution in [3.63, 3.8) is 0 Å². The van der Waals surface area contributed by atoms with E-state index >= 15 is 0 Å². The van der Waals surface area contributed by atoms with Crippen LogP contribution in [0.25, 0.3) is 0 Å². The van der Waals surface area contributed by atoms with Gasteiger partial charge in [-0.25, -0.2) is 14.0 Å². The lowest BCUT2D eigenvalue weighted by Gasteiger charge is -2.33. The van der Waals surface area contributed by atoms with E-state index < -0.39 is 24.3 Å². The molecule has 0 radical (unpaired) electrons. The van der Waals surface area contributed by atoms with Gasteiger partial charge in [-0.3, -0.25) is 4.90 Å². The van der Waals surface area contributed by atoms with Crippen LogP contribution in [0.1, 0.15) is 18.4 Å². The van der Waals surface area contributed by atoms with Gasteiger partial charge in [0.25, 0.3) is 0 Å². The summed E-state index contributed by atoms with van der Waals surface area (Å²) in [6, 6.07) is 6.94. The number of piperidine rings is 1. The second kappa shape index (κ2) is 15.5. The number of nitrogens with one attached hydrogen (secondary N) is 1. The summed E-state index contributed by atoms with van der Waals surface area (Å²) in [4.78, 5) is 20.2. The molecule has 7 nitrogen and oxygen atoms in total. The van der Waals surface area contributed by atoms with Crippen LogP contribution in [-0.4, -0.2) is 79.3 Å². The number of carbonyl (C=O) groups is 2. The number of halogens is 7. The number of carboxylic acid groups (broad SMARTS) is 2. The first-order valence-electron chi connectivity index (χ1n) is 9.93. The largest absolute Gasteiger partial charge is 0.490 e. The van der Waals surface area contributed by atoms with Gasteiger partial charge in [-0.05, 0) is 49.5 Å². The Morgan fingerprint density at radius 2 is 1.68 bits per heavy atom. The molecule has 1 atom stereocenters. The molecule has 0 amide bonds. The van der Waals surface area contributed by atoms with Crippen molar-refractivity contribution in [2.45, 2.75) is 31.7 Å².